The molecule has 1 fully saturated rings. The fourth-order valence-electron chi connectivity index (χ4n) is 2.15. The van der Waals surface area contributed by atoms with Crippen LogP contribution in [-0.4, -0.2) is 37.6 Å². The Morgan fingerprint density at radius 3 is 2.89 bits per heavy atom. The summed E-state index contributed by atoms with van der Waals surface area (Å²) < 4.78 is 4.84. The van der Waals surface area contributed by atoms with E-state index in [0.29, 0.717) is 18.9 Å². The predicted molar refractivity (Wildman–Crippen MR) is 69.1 cm³/mol. The van der Waals surface area contributed by atoms with Crippen LogP contribution < -0.4 is 10.6 Å². The predicted octanol–water partition coefficient (Wildman–Crippen LogP) is 0.834. The van der Waals surface area contributed by atoms with Gasteiger partial charge in [-0.15, -0.1) is 0 Å². The SMILES string of the molecule is CCOC(=O)C(C)NC(=O)CCC1CCCNC1. The first-order valence-corrected chi connectivity index (χ1v) is 6.80. The fourth-order valence-corrected chi connectivity index (χ4v) is 2.15. The van der Waals surface area contributed by atoms with Crippen LogP contribution in [0.3, 0.4) is 0 Å². The molecule has 0 aromatic carbocycles. The molecule has 1 amide bonds. The van der Waals surface area contributed by atoms with Gasteiger partial charge in [0.05, 0.1) is 6.61 Å². The molecule has 0 aliphatic carbocycles. The van der Waals surface area contributed by atoms with Gasteiger partial charge in [0.15, 0.2) is 0 Å². The summed E-state index contributed by atoms with van der Waals surface area (Å²) in [4.78, 5) is 23.0. The maximum Gasteiger partial charge on any atom is 0.328 e. The van der Waals surface area contributed by atoms with Crippen LogP contribution in [-0.2, 0) is 14.3 Å². The molecule has 104 valence electrons. The van der Waals surface area contributed by atoms with Crippen molar-refractivity contribution in [3.63, 3.8) is 0 Å². The van der Waals surface area contributed by atoms with Crippen molar-refractivity contribution >= 4 is 11.9 Å². The van der Waals surface area contributed by atoms with Crippen LogP contribution in [0.5, 0.6) is 0 Å². The lowest BCUT2D eigenvalue weighted by Crippen LogP contribution is -2.40. The summed E-state index contributed by atoms with van der Waals surface area (Å²) in [6, 6.07) is -0.554. The number of nitrogens with one attached hydrogen (secondary N) is 2. The smallest absolute Gasteiger partial charge is 0.328 e. The van der Waals surface area contributed by atoms with Crippen LogP contribution in [0.2, 0.25) is 0 Å². The van der Waals surface area contributed by atoms with E-state index in [9.17, 15) is 9.59 Å². The van der Waals surface area contributed by atoms with Crippen LogP contribution in [0.15, 0.2) is 0 Å². The number of hydrogen-bond donors (Lipinski definition) is 2. The van der Waals surface area contributed by atoms with Gasteiger partial charge in [0.25, 0.3) is 0 Å². The Kier molecular flexibility index (Phi) is 6.72. The number of rotatable bonds is 6. The van der Waals surface area contributed by atoms with Gasteiger partial charge in [-0.2, -0.15) is 0 Å². The van der Waals surface area contributed by atoms with Crippen molar-refractivity contribution in [2.45, 2.75) is 45.6 Å². The number of piperidine rings is 1. The van der Waals surface area contributed by atoms with E-state index in [1.165, 1.54) is 12.8 Å². The third kappa shape index (κ3) is 5.49. The Bertz CT molecular complexity index is 275. The molecule has 0 saturated carbocycles. The van der Waals surface area contributed by atoms with Crippen LogP contribution in [0.1, 0.15) is 39.5 Å². The van der Waals surface area contributed by atoms with Crippen molar-refractivity contribution in [2.24, 2.45) is 5.92 Å². The quantitative estimate of drug-likeness (QED) is 0.691. The monoisotopic (exact) mass is 256 g/mol. The molecular weight excluding hydrogens is 232 g/mol. The van der Waals surface area contributed by atoms with Crippen molar-refractivity contribution < 1.29 is 14.3 Å². The summed E-state index contributed by atoms with van der Waals surface area (Å²) in [6.45, 7) is 5.83. The summed E-state index contributed by atoms with van der Waals surface area (Å²) >= 11 is 0. The minimum Gasteiger partial charge on any atom is -0.464 e. The van der Waals surface area contributed by atoms with Crippen molar-refractivity contribution in [3.05, 3.63) is 0 Å². The molecule has 2 atom stereocenters. The van der Waals surface area contributed by atoms with Gasteiger partial charge in [-0.1, -0.05) is 0 Å². The Morgan fingerprint density at radius 1 is 1.50 bits per heavy atom. The molecular formula is C13H24N2O3. The van der Waals surface area contributed by atoms with E-state index < -0.39 is 6.04 Å². The first-order valence-electron chi connectivity index (χ1n) is 6.80. The van der Waals surface area contributed by atoms with E-state index in [1.54, 1.807) is 13.8 Å². The molecule has 0 spiro atoms. The van der Waals surface area contributed by atoms with Gasteiger partial charge in [0.2, 0.25) is 5.91 Å². The molecule has 0 bridgehead atoms. The third-order valence-corrected chi connectivity index (χ3v) is 3.20. The summed E-state index contributed by atoms with van der Waals surface area (Å²) in [5, 5.41) is 6.00. The third-order valence-electron chi connectivity index (χ3n) is 3.20. The average molecular weight is 256 g/mol. The lowest BCUT2D eigenvalue weighted by Gasteiger charge is -2.22. The molecule has 1 heterocycles. The minimum atomic E-state index is -0.554. The highest BCUT2D eigenvalue weighted by Crippen LogP contribution is 2.15. The minimum absolute atomic E-state index is 0.0684. The molecule has 1 saturated heterocycles. The van der Waals surface area contributed by atoms with Crippen LogP contribution in [0.25, 0.3) is 0 Å². The number of esters is 1. The normalized spacial score (nSPS) is 21.1. The first-order chi connectivity index (χ1) is 8.63. The maximum atomic E-state index is 11.7. The van der Waals surface area contributed by atoms with Crippen LogP contribution in [0.4, 0.5) is 0 Å². The molecule has 2 unspecified atom stereocenters. The molecule has 5 heteroatoms. The second kappa shape index (κ2) is 8.08. The summed E-state index contributed by atoms with van der Waals surface area (Å²) in [5.74, 6) is 0.147. The van der Waals surface area contributed by atoms with Gasteiger partial charge in [-0.25, -0.2) is 4.79 Å². The zero-order valence-corrected chi connectivity index (χ0v) is 11.3. The van der Waals surface area contributed by atoms with Crippen molar-refractivity contribution in [1.82, 2.24) is 10.6 Å². The van der Waals surface area contributed by atoms with Gasteiger partial charge >= 0.3 is 5.97 Å². The number of amides is 1. The second-order valence-corrected chi connectivity index (χ2v) is 4.79. The average Bonchev–Trinajstić information content (AvgIpc) is 2.38. The Labute approximate surface area is 109 Å². The topological polar surface area (TPSA) is 67.4 Å². The van der Waals surface area contributed by atoms with Crippen molar-refractivity contribution in [1.29, 1.82) is 0 Å². The molecule has 0 radical (unpaired) electrons. The lowest BCUT2D eigenvalue weighted by molar-refractivity contribution is -0.146. The molecule has 1 aliphatic heterocycles. The molecule has 5 nitrogen and oxygen atoms in total. The number of carbonyl (C=O) groups is 2. The number of carbonyl (C=O) groups excluding carboxylic acids is 2. The van der Waals surface area contributed by atoms with E-state index >= 15 is 0 Å². The fraction of sp³-hybridized carbons (Fsp3) is 0.846. The Hall–Kier alpha value is -1.10. The van der Waals surface area contributed by atoms with Gasteiger partial charge in [0, 0.05) is 6.42 Å². The maximum absolute atomic E-state index is 11.7. The van der Waals surface area contributed by atoms with E-state index in [0.717, 1.165) is 19.5 Å². The number of hydrogen-bond acceptors (Lipinski definition) is 4. The second-order valence-electron chi connectivity index (χ2n) is 4.79. The highest BCUT2D eigenvalue weighted by atomic mass is 16.5. The highest BCUT2D eigenvalue weighted by Gasteiger charge is 2.18. The van der Waals surface area contributed by atoms with Gasteiger partial charge in [-0.05, 0) is 52.1 Å². The zero-order chi connectivity index (χ0) is 13.4. The van der Waals surface area contributed by atoms with Crippen molar-refractivity contribution in [2.75, 3.05) is 19.7 Å². The summed E-state index contributed by atoms with van der Waals surface area (Å²) in [7, 11) is 0. The molecule has 0 aromatic rings. The van der Waals surface area contributed by atoms with E-state index in [2.05, 4.69) is 10.6 Å². The van der Waals surface area contributed by atoms with Gasteiger partial charge in [-0.3, -0.25) is 4.79 Å². The standard InChI is InChI=1S/C13H24N2O3/c1-3-18-13(17)10(2)15-12(16)7-6-11-5-4-8-14-9-11/h10-11,14H,3-9H2,1-2H3,(H,15,16). The molecule has 1 aliphatic rings. The Balaban J connectivity index is 2.18. The highest BCUT2D eigenvalue weighted by molar-refractivity contribution is 5.84. The Morgan fingerprint density at radius 2 is 2.28 bits per heavy atom. The molecule has 0 aromatic heterocycles. The number of ether oxygens (including phenoxy) is 1. The van der Waals surface area contributed by atoms with Gasteiger partial charge in [0.1, 0.15) is 6.04 Å². The molecule has 1 rings (SSSR count). The van der Waals surface area contributed by atoms with E-state index in [1.807, 2.05) is 0 Å². The lowest BCUT2D eigenvalue weighted by atomic mass is 9.94. The van der Waals surface area contributed by atoms with E-state index in [-0.39, 0.29) is 11.9 Å². The van der Waals surface area contributed by atoms with Crippen LogP contribution >= 0.6 is 0 Å². The molecule has 18 heavy (non-hydrogen) atoms. The molecule has 2 N–H and O–H groups in total. The largest absolute Gasteiger partial charge is 0.464 e. The van der Waals surface area contributed by atoms with Crippen molar-refractivity contribution in [3.8, 4) is 0 Å². The summed E-state index contributed by atoms with van der Waals surface area (Å²) in [5.41, 5.74) is 0. The van der Waals surface area contributed by atoms with Gasteiger partial charge < -0.3 is 15.4 Å². The first kappa shape index (κ1) is 15.0. The van der Waals surface area contributed by atoms with Crippen LogP contribution in [0, 0.1) is 5.92 Å². The zero-order valence-electron chi connectivity index (χ0n) is 11.3. The summed E-state index contributed by atoms with van der Waals surface area (Å²) in [6.07, 6.45) is 3.74. The van der Waals surface area contributed by atoms with E-state index in [4.69, 9.17) is 4.74 Å².